The Hall–Kier alpha value is -1.36. The van der Waals surface area contributed by atoms with E-state index >= 15 is 0 Å². The Bertz CT molecular complexity index is 367. The smallest absolute Gasteiger partial charge is 0.227 e. The number of amides is 1. The van der Waals surface area contributed by atoms with Crippen LogP contribution in [0, 0.1) is 5.92 Å². The molecule has 2 rings (SSSR count). The molecule has 0 spiro atoms. The van der Waals surface area contributed by atoms with Crippen LogP contribution in [-0.2, 0) is 9.53 Å². The highest BCUT2D eigenvalue weighted by atomic mass is 16.5. The van der Waals surface area contributed by atoms with E-state index in [4.69, 9.17) is 4.74 Å². The molecular formula is C11H17N3O2. The number of rotatable bonds is 3. The zero-order valence-corrected chi connectivity index (χ0v) is 9.64. The summed E-state index contributed by atoms with van der Waals surface area (Å²) in [6.07, 6.45) is 4.53. The lowest BCUT2D eigenvalue weighted by molar-refractivity contribution is -0.118. The van der Waals surface area contributed by atoms with Gasteiger partial charge in [-0.1, -0.05) is 13.8 Å². The van der Waals surface area contributed by atoms with Crippen molar-refractivity contribution in [2.45, 2.75) is 26.3 Å². The molecule has 0 bridgehead atoms. The molecule has 1 aliphatic heterocycles. The van der Waals surface area contributed by atoms with Crippen LogP contribution in [0.4, 0.5) is 5.69 Å². The Balaban J connectivity index is 1.99. The number of carbonyl (C=O) groups is 1. The van der Waals surface area contributed by atoms with Crippen LogP contribution in [0.15, 0.2) is 12.4 Å². The monoisotopic (exact) mass is 223 g/mol. The molecule has 2 heterocycles. The molecule has 1 aromatic rings. The molecule has 1 fully saturated rings. The van der Waals surface area contributed by atoms with Gasteiger partial charge in [0.1, 0.15) is 0 Å². The van der Waals surface area contributed by atoms with E-state index in [0.717, 1.165) is 18.7 Å². The third kappa shape index (κ3) is 2.41. The van der Waals surface area contributed by atoms with Crippen LogP contribution in [0.25, 0.3) is 0 Å². The van der Waals surface area contributed by atoms with Gasteiger partial charge in [0.2, 0.25) is 5.91 Å². The Morgan fingerprint density at radius 3 is 3.12 bits per heavy atom. The summed E-state index contributed by atoms with van der Waals surface area (Å²) in [6, 6.07) is 0.310. The summed E-state index contributed by atoms with van der Waals surface area (Å²) < 4.78 is 7.16. The van der Waals surface area contributed by atoms with E-state index in [1.807, 2.05) is 24.7 Å². The molecule has 0 aromatic carbocycles. The fraction of sp³-hybridized carbons (Fsp3) is 0.636. The summed E-state index contributed by atoms with van der Waals surface area (Å²) in [5.74, 6) is 0.000357. The first kappa shape index (κ1) is 11.1. The number of anilines is 1. The van der Waals surface area contributed by atoms with E-state index in [9.17, 15) is 4.79 Å². The Morgan fingerprint density at radius 2 is 2.50 bits per heavy atom. The van der Waals surface area contributed by atoms with Crippen LogP contribution in [-0.4, -0.2) is 28.9 Å². The van der Waals surface area contributed by atoms with Crippen molar-refractivity contribution in [1.29, 1.82) is 0 Å². The fourth-order valence-corrected chi connectivity index (χ4v) is 1.62. The van der Waals surface area contributed by atoms with Gasteiger partial charge in [0.05, 0.1) is 24.5 Å². The summed E-state index contributed by atoms with van der Waals surface area (Å²) >= 11 is 0. The number of nitrogens with one attached hydrogen (secondary N) is 1. The minimum absolute atomic E-state index is 0.0156. The first-order valence-corrected chi connectivity index (χ1v) is 5.59. The molecule has 1 atom stereocenters. The largest absolute Gasteiger partial charge is 0.379 e. The maximum Gasteiger partial charge on any atom is 0.227 e. The Morgan fingerprint density at radius 1 is 1.69 bits per heavy atom. The molecule has 1 saturated heterocycles. The van der Waals surface area contributed by atoms with Crippen molar-refractivity contribution in [1.82, 2.24) is 9.78 Å². The van der Waals surface area contributed by atoms with Gasteiger partial charge in [0.25, 0.3) is 0 Å². The Kier molecular flexibility index (Phi) is 3.24. The van der Waals surface area contributed by atoms with Crippen LogP contribution in [0.2, 0.25) is 0 Å². The van der Waals surface area contributed by atoms with Crippen molar-refractivity contribution in [3.63, 3.8) is 0 Å². The van der Waals surface area contributed by atoms with Crippen molar-refractivity contribution < 1.29 is 9.53 Å². The van der Waals surface area contributed by atoms with Crippen LogP contribution in [0.1, 0.15) is 26.3 Å². The molecule has 1 aromatic heterocycles. The standard InChI is InChI=1S/C11H17N3O2/c1-8(2)11(15)13-9-5-12-14(6-9)10-3-4-16-7-10/h5-6,8,10H,3-4,7H2,1-2H3,(H,13,15). The molecular weight excluding hydrogens is 206 g/mol. The van der Waals surface area contributed by atoms with Gasteiger partial charge in [-0.15, -0.1) is 0 Å². The molecule has 0 saturated carbocycles. The number of carbonyl (C=O) groups excluding carboxylic acids is 1. The van der Waals surface area contributed by atoms with Gasteiger partial charge < -0.3 is 10.1 Å². The average molecular weight is 223 g/mol. The van der Waals surface area contributed by atoms with Crippen LogP contribution < -0.4 is 5.32 Å². The molecule has 5 nitrogen and oxygen atoms in total. The van der Waals surface area contributed by atoms with Crippen molar-refractivity contribution >= 4 is 11.6 Å². The van der Waals surface area contributed by atoms with E-state index in [0.29, 0.717) is 12.6 Å². The first-order valence-electron chi connectivity index (χ1n) is 5.59. The third-order valence-corrected chi connectivity index (χ3v) is 2.67. The topological polar surface area (TPSA) is 56.2 Å². The highest BCUT2D eigenvalue weighted by Crippen LogP contribution is 2.19. The number of hydrogen-bond donors (Lipinski definition) is 1. The Labute approximate surface area is 94.8 Å². The predicted octanol–water partition coefficient (Wildman–Crippen LogP) is 1.44. The summed E-state index contributed by atoms with van der Waals surface area (Å²) in [7, 11) is 0. The molecule has 1 amide bonds. The number of hydrogen-bond acceptors (Lipinski definition) is 3. The van der Waals surface area contributed by atoms with Crippen molar-refractivity contribution in [2.75, 3.05) is 18.5 Å². The molecule has 0 radical (unpaired) electrons. The highest BCUT2D eigenvalue weighted by molar-refractivity contribution is 5.91. The van der Waals surface area contributed by atoms with E-state index in [1.54, 1.807) is 6.20 Å². The van der Waals surface area contributed by atoms with E-state index in [-0.39, 0.29) is 11.8 Å². The minimum atomic E-state index is -0.0156. The summed E-state index contributed by atoms with van der Waals surface area (Å²) in [5.41, 5.74) is 0.755. The van der Waals surface area contributed by atoms with E-state index in [1.165, 1.54) is 0 Å². The van der Waals surface area contributed by atoms with Gasteiger partial charge in [-0.3, -0.25) is 9.48 Å². The second kappa shape index (κ2) is 4.65. The van der Waals surface area contributed by atoms with Gasteiger partial charge >= 0.3 is 0 Å². The number of nitrogens with zero attached hydrogens (tertiary/aromatic N) is 2. The third-order valence-electron chi connectivity index (χ3n) is 2.67. The van der Waals surface area contributed by atoms with Crippen molar-refractivity contribution in [3.05, 3.63) is 12.4 Å². The lowest BCUT2D eigenvalue weighted by Crippen LogP contribution is -2.17. The van der Waals surface area contributed by atoms with Crippen molar-refractivity contribution in [3.8, 4) is 0 Å². The normalized spacial score (nSPS) is 20.3. The summed E-state index contributed by atoms with van der Waals surface area (Å²) in [4.78, 5) is 11.5. The van der Waals surface area contributed by atoms with Gasteiger partial charge in [0.15, 0.2) is 0 Å². The highest BCUT2D eigenvalue weighted by Gasteiger charge is 2.18. The maximum absolute atomic E-state index is 11.5. The number of aromatic nitrogens is 2. The van der Waals surface area contributed by atoms with E-state index < -0.39 is 0 Å². The summed E-state index contributed by atoms with van der Waals surface area (Å²) in [6.45, 7) is 5.23. The predicted molar refractivity (Wildman–Crippen MR) is 60.2 cm³/mol. The van der Waals surface area contributed by atoms with Crippen LogP contribution in [0.3, 0.4) is 0 Å². The second-order valence-electron chi connectivity index (χ2n) is 4.37. The van der Waals surface area contributed by atoms with Gasteiger partial charge in [-0.2, -0.15) is 5.10 Å². The zero-order valence-electron chi connectivity index (χ0n) is 9.64. The molecule has 88 valence electrons. The molecule has 5 heteroatoms. The van der Waals surface area contributed by atoms with Crippen LogP contribution in [0.5, 0.6) is 0 Å². The van der Waals surface area contributed by atoms with E-state index in [2.05, 4.69) is 10.4 Å². The van der Waals surface area contributed by atoms with Gasteiger partial charge in [-0.05, 0) is 6.42 Å². The lowest BCUT2D eigenvalue weighted by Gasteiger charge is -2.07. The van der Waals surface area contributed by atoms with Crippen LogP contribution >= 0.6 is 0 Å². The molecule has 0 aliphatic carbocycles. The average Bonchev–Trinajstić information content (AvgIpc) is 2.85. The second-order valence-corrected chi connectivity index (χ2v) is 4.37. The summed E-state index contributed by atoms with van der Waals surface area (Å²) in [5, 5.41) is 7.05. The lowest BCUT2D eigenvalue weighted by atomic mass is 10.2. The fourth-order valence-electron chi connectivity index (χ4n) is 1.62. The maximum atomic E-state index is 11.5. The molecule has 16 heavy (non-hydrogen) atoms. The van der Waals surface area contributed by atoms with Crippen molar-refractivity contribution in [2.24, 2.45) is 5.92 Å². The van der Waals surface area contributed by atoms with Gasteiger partial charge in [0, 0.05) is 18.7 Å². The quantitative estimate of drug-likeness (QED) is 0.843. The molecule has 1 N–H and O–H groups in total. The molecule has 1 aliphatic rings. The first-order chi connectivity index (χ1) is 7.66. The van der Waals surface area contributed by atoms with Gasteiger partial charge in [-0.25, -0.2) is 0 Å². The molecule has 1 unspecified atom stereocenters. The number of ether oxygens (including phenoxy) is 1. The zero-order chi connectivity index (χ0) is 11.5. The SMILES string of the molecule is CC(C)C(=O)Nc1cnn(C2CCOC2)c1. The minimum Gasteiger partial charge on any atom is -0.379 e.